The summed E-state index contributed by atoms with van der Waals surface area (Å²) in [6.45, 7) is 5.41. The molecule has 1 N–H and O–H groups in total. The molecule has 3 nitrogen and oxygen atoms in total. The second-order valence-electron chi connectivity index (χ2n) is 3.01. The molecule has 0 radical (unpaired) electrons. The van der Waals surface area contributed by atoms with E-state index in [4.69, 9.17) is 0 Å². The standard InChI is InChI=1S/C10H20N2O/c1-3-4-5-8-12(2)9-6-11-7-10-13/h4-5,10-11H,3,6-9H2,1-2H3/b5-4-. The number of hydrogen-bond acceptors (Lipinski definition) is 3. The second-order valence-corrected chi connectivity index (χ2v) is 3.01. The van der Waals surface area contributed by atoms with Crippen molar-refractivity contribution in [3.8, 4) is 0 Å². The number of carbonyl (C=O) groups excluding carboxylic acids is 1. The van der Waals surface area contributed by atoms with Crippen LogP contribution in [0.25, 0.3) is 0 Å². The van der Waals surface area contributed by atoms with E-state index in [1.54, 1.807) is 0 Å². The SMILES string of the molecule is CC/C=C\CN(C)CCNCC=O. The van der Waals surface area contributed by atoms with Gasteiger partial charge in [-0.05, 0) is 13.5 Å². The van der Waals surface area contributed by atoms with Gasteiger partial charge < -0.3 is 15.0 Å². The van der Waals surface area contributed by atoms with Gasteiger partial charge in [0, 0.05) is 19.6 Å². The average Bonchev–Trinajstić information content (AvgIpc) is 2.13. The number of likely N-dealkylation sites (N-methyl/N-ethyl adjacent to an activating group) is 1. The average molecular weight is 184 g/mol. The molecule has 0 saturated heterocycles. The smallest absolute Gasteiger partial charge is 0.133 e. The van der Waals surface area contributed by atoms with Crippen molar-refractivity contribution >= 4 is 6.29 Å². The van der Waals surface area contributed by atoms with E-state index in [1.165, 1.54) is 0 Å². The molecule has 0 saturated carbocycles. The van der Waals surface area contributed by atoms with Gasteiger partial charge in [0.05, 0.1) is 6.54 Å². The molecule has 0 unspecified atom stereocenters. The van der Waals surface area contributed by atoms with Gasteiger partial charge in [-0.3, -0.25) is 0 Å². The van der Waals surface area contributed by atoms with Gasteiger partial charge in [0.1, 0.15) is 6.29 Å². The largest absolute Gasteiger partial charge is 0.309 e. The van der Waals surface area contributed by atoms with E-state index in [0.29, 0.717) is 6.54 Å². The summed E-state index contributed by atoms with van der Waals surface area (Å²) in [5.41, 5.74) is 0. The molecule has 3 heteroatoms. The predicted octanol–water partition coefficient (Wildman–Crippen LogP) is 0.673. The van der Waals surface area contributed by atoms with Gasteiger partial charge in [-0.15, -0.1) is 0 Å². The molecule has 0 heterocycles. The van der Waals surface area contributed by atoms with Crippen LogP contribution in [0.15, 0.2) is 12.2 Å². The third kappa shape index (κ3) is 9.24. The maximum atomic E-state index is 9.97. The molecule has 0 fully saturated rings. The van der Waals surface area contributed by atoms with Crippen LogP contribution >= 0.6 is 0 Å². The maximum Gasteiger partial charge on any atom is 0.133 e. The Morgan fingerprint density at radius 1 is 1.38 bits per heavy atom. The Hall–Kier alpha value is -0.670. The van der Waals surface area contributed by atoms with Crippen LogP contribution in [0.4, 0.5) is 0 Å². The Morgan fingerprint density at radius 2 is 2.15 bits per heavy atom. The molecule has 13 heavy (non-hydrogen) atoms. The maximum absolute atomic E-state index is 9.97. The van der Waals surface area contributed by atoms with Crippen molar-refractivity contribution in [2.24, 2.45) is 0 Å². The van der Waals surface area contributed by atoms with Crippen LogP contribution in [0, 0.1) is 0 Å². The van der Waals surface area contributed by atoms with Gasteiger partial charge in [-0.1, -0.05) is 19.1 Å². The number of nitrogens with one attached hydrogen (secondary N) is 1. The van der Waals surface area contributed by atoms with Crippen molar-refractivity contribution in [3.05, 3.63) is 12.2 Å². The molecule has 0 atom stereocenters. The highest BCUT2D eigenvalue weighted by Gasteiger charge is 1.93. The molecule has 0 aliphatic heterocycles. The predicted molar refractivity (Wildman–Crippen MR) is 55.9 cm³/mol. The highest BCUT2D eigenvalue weighted by Crippen LogP contribution is 1.84. The van der Waals surface area contributed by atoms with E-state index in [9.17, 15) is 4.79 Å². The molecule has 0 aromatic carbocycles. The summed E-state index contributed by atoms with van der Waals surface area (Å²) in [5, 5.41) is 3.02. The zero-order valence-electron chi connectivity index (χ0n) is 8.62. The van der Waals surface area contributed by atoms with Crippen molar-refractivity contribution in [1.29, 1.82) is 0 Å². The molecule has 0 bridgehead atoms. The number of nitrogens with zero attached hydrogens (tertiary/aromatic N) is 1. The summed E-state index contributed by atoms with van der Waals surface area (Å²) in [5.74, 6) is 0. The lowest BCUT2D eigenvalue weighted by Crippen LogP contribution is -2.30. The zero-order chi connectivity index (χ0) is 9.94. The number of rotatable bonds is 8. The molecule has 0 amide bonds. The zero-order valence-corrected chi connectivity index (χ0v) is 8.62. The van der Waals surface area contributed by atoms with Crippen molar-refractivity contribution in [3.63, 3.8) is 0 Å². The van der Waals surface area contributed by atoms with E-state index in [1.807, 2.05) is 0 Å². The summed E-state index contributed by atoms with van der Waals surface area (Å²) in [6, 6.07) is 0. The normalized spacial score (nSPS) is 11.3. The fraction of sp³-hybridized carbons (Fsp3) is 0.700. The minimum absolute atomic E-state index is 0.457. The molecule has 0 aliphatic carbocycles. The van der Waals surface area contributed by atoms with Crippen LogP contribution in [0.5, 0.6) is 0 Å². The Kier molecular flexibility index (Phi) is 8.93. The van der Waals surface area contributed by atoms with Crippen molar-refractivity contribution < 1.29 is 4.79 Å². The molecule has 0 aromatic rings. The number of aldehydes is 1. The molecule has 0 rings (SSSR count). The summed E-state index contributed by atoms with van der Waals surface area (Å²) < 4.78 is 0. The number of allylic oxidation sites excluding steroid dienone is 1. The van der Waals surface area contributed by atoms with Crippen LogP contribution < -0.4 is 5.32 Å². The van der Waals surface area contributed by atoms with E-state index >= 15 is 0 Å². The van der Waals surface area contributed by atoms with Crippen LogP contribution in [0.1, 0.15) is 13.3 Å². The Morgan fingerprint density at radius 3 is 2.77 bits per heavy atom. The third-order valence-electron chi connectivity index (χ3n) is 1.72. The third-order valence-corrected chi connectivity index (χ3v) is 1.72. The fourth-order valence-electron chi connectivity index (χ4n) is 0.943. The number of hydrogen-bond donors (Lipinski definition) is 1. The lowest BCUT2D eigenvalue weighted by molar-refractivity contribution is -0.107. The van der Waals surface area contributed by atoms with Crippen LogP contribution in [-0.2, 0) is 4.79 Å². The lowest BCUT2D eigenvalue weighted by atomic mass is 10.4. The Balaban J connectivity index is 3.24. The first-order chi connectivity index (χ1) is 6.31. The minimum Gasteiger partial charge on any atom is -0.309 e. The first-order valence-electron chi connectivity index (χ1n) is 4.79. The van der Waals surface area contributed by atoms with E-state index in [0.717, 1.165) is 32.3 Å². The van der Waals surface area contributed by atoms with Crippen LogP contribution in [-0.4, -0.2) is 44.4 Å². The van der Waals surface area contributed by atoms with E-state index in [-0.39, 0.29) is 0 Å². The van der Waals surface area contributed by atoms with Gasteiger partial charge in [0.2, 0.25) is 0 Å². The quantitative estimate of drug-likeness (QED) is 0.342. The first-order valence-corrected chi connectivity index (χ1v) is 4.79. The molecule has 0 spiro atoms. The highest BCUT2D eigenvalue weighted by molar-refractivity contribution is 5.51. The summed E-state index contributed by atoms with van der Waals surface area (Å²) in [6.07, 6.45) is 6.31. The summed E-state index contributed by atoms with van der Waals surface area (Å²) in [4.78, 5) is 12.2. The fourth-order valence-corrected chi connectivity index (χ4v) is 0.943. The van der Waals surface area contributed by atoms with Gasteiger partial charge in [-0.2, -0.15) is 0 Å². The molecule has 0 aromatic heterocycles. The highest BCUT2D eigenvalue weighted by atomic mass is 16.1. The topological polar surface area (TPSA) is 32.3 Å². The van der Waals surface area contributed by atoms with Crippen molar-refractivity contribution in [2.45, 2.75) is 13.3 Å². The molecule has 76 valence electrons. The van der Waals surface area contributed by atoms with E-state index in [2.05, 4.69) is 36.3 Å². The molecular formula is C10H20N2O. The van der Waals surface area contributed by atoms with Crippen LogP contribution in [0.3, 0.4) is 0 Å². The number of carbonyl (C=O) groups is 1. The Labute approximate surface area is 80.8 Å². The minimum atomic E-state index is 0.457. The summed E-state index contributed by atoms with van der Waals surface area (Å²) in [7, 11) is 2.07. The van der Waals surface area contributed by atoms with E-state index < -0.39 is 0 Å². The van der Waals surface area contributed by atoms with Gasteiger partial charge >= 0.3 is 0 Å². The molecular weight excluding hydrogens is 164 g/mol. The van der Waals surface area contributed by atoms with Gasteiger partial charge in [0.15, 0.2) is 0 Å². The molecule has 0 aliphatic rings. The van der Waals surface area contributed by atoms with Gasteiger partial charge in [-0.25, -0.2) is 0 Å². The lowest BCUT2D eigenvalue weighted by Gasteiger charge is -2.13. The first kappa shape index (κ1) is 12.3. The second kappa shape index (κ2) is 9.42. The summed E-state index contributed by atoms with van der Waals surface area (Å²) >= 11 is 0. The Bertz CT molecular complexity index is 146. The van der Waals surface area contributed by atoms with Crippen molar-refractivity contribution in [2.75, 3.05) is 33.2 Å². The van der Waals surface area contributed by atoms with Crippen molar-refractivity contribution in [1.82, 2.24) is 10.2 Å². The van der Waals surface area contributed by atoms with Gasteiger partial charge in [0.25, 0.3) is 0 Å². The van der Waals surface area contributed by atoms with Crippen LogP contribution in [0.2, 0.25) is 0 Å². The monoisotopic (exact) mass is 184 g/mol.